The first-order chi connectivity index (χ1) is 7.70. The maximum Gasteiger partial charge on any atom is 0.184 e. The van der Waals surface area contributed by atoms with E-state index >= 15 is 0 Å². The van der Waals surface area contributed by atoms with Crippen molar-refractivity contribution in [3.8, 4) is 0 Å². The minimum absolute atomic E-state index is 0.540. The second kappa shape index (κ2) is 7.75. The Hall–Kier alpha value is 0.394. The summed E-state index contributed by atoms with van der Waals surface area (Å²) < 4.78 is 6.53. The van der Waals surface area contributed by atoms with Crippen molar-refractivity contribution >= 4 is 16.4 Å². The van der Waals surface area contributed by atoms with E-state index in [4.69, 9.17) is 4.43 Å². The predicted octanol–water partition coefficient (Wildman–Crippen LogP) is 5.44. The fourth-order valence-electron chi connectivity index (χ4n) is 2.79. The van der Waals surface area contributed by atoms with E-state index in [2.05, 4.69) is 46.6 Å². The van der Waals surface area contributed by atoms with Crippen LogP contribution in [-0.2, 0) is 4.43 Å². The zero-order valence-corrected chi connectivity index (χ0v) is 15.2. The molecule has 0 aromatic heterocycles. The molecule has 0 fully saturated rings. The van der Waals surface area contributed by atoms with Crippen LogP contribution < -0.4 is 0 Å². The minimum Gasteiger partial charge on any atom is -0.415 e. The van der Waals surface area contributed by atoms with Crippen molar-refractivity contribution < 1.29 is 4.43 Å². The van der Waals surface area contributed by atoms with Crippen molar-refractivity contribution in [2.45, 2.75) is 90.5 Å². The Balaban J connectivity index is 4.29. The number of rotatable bonds is 9. The van der Waals surface area contributed by atoms with E-state index in [1.54, 1.807) is 0 Å². The molecule has 0 heterocycles. The van der Waals surface area contributed by atoms with E-state index in [1.165, 1.54) is 37.8 Å². The van der Waals surface area contributed by atoms with Gasteiger partial charge >= 0.3 is 0 Å². The molecule has 104 valence electrons. The highest BCUT2D eigenvalue weighted by molar-refractivity contribution is 6.92. The molecule has 0 aromatic rings. The maximum absolute atomic E-state index is 6.53. The topological polar surface area (TPSA) is 9.23 Å². The average Bonchev–Trinajstić information content (AvgIpc) is 2.09. The fraction of sp³-hybridized carbons (Fsp3) is 1.00. The number of unbranched alkanes of at least 4 members (excludes halogenated alkanes) is 1. The molecule has 17 heavy (non-hydrogen) atoms. The van der Waals surface area contributed by atoms with Gasteiger partial charge in [-0.15, -0.1) is 0 Å². The molecular weight excluding hydrogens is 240 g/mol. The Kier molecular flexibility index (Phi) is 7.93. The Bertz CT molecular complexity index is 197. The normalized spacial score (nSPS) is 15.0. The van der Waals surface area contributed by atoms with Gasteiger partial charge in [0.25, 0.3) is 0 Å². The van der Waals surface area contributed by atoms with Crippen LogP contribution in [0, 0.1) is 0 Å². The first-order valence-electron chi connectivity index (χ1n) is 7.38. The SMILES string of the molecule is CCCCC(CCC)O[Si](C)(C)C[Si](C)(C)C. The molecule has 0 aliphatic heterocycles. The van der Waals surface area contributed by atoms with Crippen LogP contribution in [0.4, 0.5) is 0 Å². The molecule has 0 bridgehead atoms. The van der Waals surface area contributed by atoms with E-state index < -0.39 is 16.4 Å². The van der Waals surface area contributed by atoms with Gasteiger partial charge in [0.1, 0.15) is 0 Å². The van der Waals surface area contributed by atoms with Gasteiger partial charge < -0.3 is 4.43 Å². The average molecular weight is 275 g/mol. The minimum atomic E-state index is -1.43. The summed E-state index contributed by atoms with van der Waals surface area (Å²) in [5.41, 5.74) is 1.40. The molecule has 0 saturated heterocycles. The Morgan fingerprint density at radius 3 is 1.88 bits per heavy atom. The standard InChI is InChI=1S/C14H34OSi2/c1-8-10-12-14(11-9-2)15-17(6,7)13-16(3,4)5/h14H,8-13H2,1-7H3. The van der Waals surface area contributed by atoms with Crippen molar-refractivity contribution in [1.82, 2.24) is 0 Å². The Labute approximate surface area is 111 Å². The zero-order chi connectivity index (χ0) is 13.5. The molecule has 0 spiro atoms. The van der Waals surface area contributed by atoms with Crippen LogP contribution >= 0.6 is 0 Å². The summed E-state index contributed by atoms with van der Waals surface area (Å²) >= 11 is 0. The summed E-state index contributed by atoms with van der Waals surface area (Å²) in [4.78, 5) is 0. The van der Waals surface area contributed by atoms with Gasteiger partial charge in [-0.2, -0.15) is 0 Å². The quantitative estimate of drug-likeness (QED) is 0.508. The molecule has 0 rings (SSSR count). The summed E-state index contributed by atoms with van der Waals surface area (Å²) in [6.45, 7) is 16.8. The van der Waals surface area contributed by atoms with Crippen LogP contribution in [0.15, 0.2) is 0 Å². The van der Waals surface area contributed by atoms with E-state index in [-0.39, 0.29) is 0 Å². The molecule has 0 N–H and O–H groups in total. The second-order valence-electron chi connectivity index (χ2n) is 7.17. The van der Waals surface area contributed by atoms with Crippen LogP contribution in [0.3, 0.4) is 0 Å². The maximum atomic E-state index is 6.53. The van der Waals surface area contributed by atoms with Crippen LogP contribution in [0.5, 0.6) is 0 Å². The van der Waals surface area contributed by atoms with Gasteiger partial charge in [0.05, 0.1) is 0 Å². The van der Waals surface area contributed by atoms with Crippen molar-refractivity contribution in [2.24, 2.45) is 0 Å². The monoisotopic (exact) mass is 274 g/mol. The number of hydrogen-bond acceptors (Lipinski definition) is 1. The van der Waals surface area contributed by atoms with Gasteiger partial charge in [-0.3, -0.25) is 0 Å². The Morgan fingerprint density at radius 1 is 0.882 bits per heavy atom. The van der Waals surface area contributed by atoms with Crippen LogP contribution in [-0.4, -0.2) is 22.5 Å². The van der Waals surface area contributed by atoms with Gasteiger partial charge in [0.2, 0.25) is 0 Å². The summed E-state index contributed by atoms with van der Waals surface area (Å²) in [5.74, 6) is 0. The van der Waals surface area contributed by atoms with Crippen molar-refractivity contribution in [2.75, 3.05) is 0 Å². The van der Waals surface area contributed by atoms with E-state index in [0.29, 0.717) is 6.10 Å². The largest absolute Gasteiger partial charge is 0.415 e. The van der Waals surface area contributed by atoms with Gasteiger partial charge in [-0.05, 0) is 31.6 Å². The molecule has 0 aliphatic carbocycles. The first kappa shape index (κ1) is 17.4. The lowest BCUT2D eigenvalue weighted by Crippen LogP contribution is -2.42. The van der Waals surface area contributed by atoms with E-state index in [1.807, 2.05) is 0 Å². The Morgan fingerprint density at radius 2 is 1.47 bits per heavy atom. The first-order valence-corrected chi connectivity index (χ1v) is 14.2. The van der Waals surface area contributed by atoms with Gasteiger partial charge in [-0.1, -0.05) is 52.8 Å². The smallest absolute Gasteiger partial charge is 0.184 e. The third-order valence-electron chi connectivity index (χ3n) is 2.93. The molecule has 0 aliphatic rings. The molecule has 1 nitrogen and oxygen atoms in total. The molecule has 0 saturated carbocycles. The molecule has 0 aromatic carbocycles. The third kappa shape index (κ3) is 10.0. The van der Waals surface area contributed by atoms with E-state index in [0.717, 1.165) is 0 Å². The lowest BCUT2D eigenvalue weighted by atomic mass is 10.1. The highest BCUT2D eigenvalue weighted by atomic mass is 28.4. The summed E-state index contributed by atoms with van der Waals surface area (Å²) in [6.07, 6.45) is 6.93. The van der Waals surface area contributed by atoms with Gasteiger partial charge in [0, 0.05) is 14.2 Å². The number of hydrogen-bond donors (Lipinski definition) is 0. The highest BCUT2D eigenvalue weighted by Crippen LogP contribution is 2.24. The molecule has 1 atom stereocenters. The van der Waals surface area contributed by atoms with Crippen LogP contribution in [0.2, 0.25) is 38.4 Å². The molecule has 0 amide bonds. The zero-order valence-electron chi connectivity index (χ0n) is 13.2. The van der Waals surface area contributed by atoms with Crippen LogP contribution in [0.25, 0.3) is 0 Å². The van der Waals surface area contributed by atoms with Crippen molar-refractivity contribution in [3.05, 3.63) is 0 Å². The summed E-state index contributed by atoms with van der Waals surface area (Å²) in [5, 5.41) is 0. The highest BCUT2D eigenvalue weighted by Gasteiger charge is 2.32. The summed E-state index contributed by atoms with van der Waals surface area (Å²) in [7, 11) is -2.40. The van der Waals surface area contributed by atoms with Crippen molar-refractivity contribution in [3.63, 3.8) is 0 Å². The lowest BCUT2D eigenvalue weighted by molar-refractivity contribution is 0.168. The molecular formula is C14H34OSi2. The van der Waals surface area contributed by atoms with Crippen molar-refractivity contribution in [1.29, 1.82) is 0 Å². The second-order valence-corrected chi connectivity index (χ2v) is 17.5. The van der Waals surface area contributed by atoms with E-state index in [9.17, 15) is 0 Å². The predicted molar refractivity (Wildman–Crippen MR) is 84.9 cm³/mol. The fourth-order valence-corrected chi connectivity index (χ4v) is 14.5. The molecule has 1 unspecified atom stereocenters. The summed E-state index contributed by atoms with van der Waals surface area (Å²) in [6, 6.07) is 0. The molecule has 3 heteroatoms. The third-order valence-corrected chi connectivity index (χ3v) is 11.6. The lowest BCUT2D eigenvalue weighted by Gasteiger charge is -2.33. The van der Waals surface area contributed by atoms with Gasteiger partial charge in [0.15, 0.2) is 8.32 Å². The van der Waals surface area contributed by atoms with Gasteiger partial charge in [-0.25, -0.2) is 0 Å². The van der Waals surface area contributed by atoms with Crippen LogP contribution in [0.1, 0.15) is 46.0 Å². The molecule has 0 radical (unpaired) electrons.